The van der Waals surface area contributed by atoms with Gasteiger partial charge in [-0.3, -0.25) is 0 Å². The highest BCUT2D eigenvalue weighted by molar-refractivity contribution is 9.10. The summed E-state index contributed by atoms with van der Waals surface area (Å²) in [6.07, 6.45) is 2.30. The van der Waals surface area contributed by atoms with Crippen molar-refractivity contribution in [2.45, 2.75) is 38.0 Å². The molecule has 0 spiro atoms. The summed E-state index contributed by atoms with van der Waals surface area (Å²) in [6, 6.07) is 4.26. The standard InChI is InChI=1S/C14H19BrFNOS/c1-5-6-13(17-19(18)14(2,3)4)11-9-10(16)7-8-12(11)15/h5,7-9,13,17H,1,6H2,2-4H3/t13-,19-/m0/s1. The molecule has 0 heterocycles. The molecule has 0 aliphatic rings. The first-order valence-corrected chi connectivity index (χ1v) is 7.94. The fourth-order valence-corrected chi connectivity index (χ4v) is 2.85. The first kappa shape index (κ1) is 16.5. The number of halogens is 2. The lowest BCUT2D eigenvalue weighted by molar-refractivity contribution is 0.590. The molecule has 5 heteroatoms. The summed E-state index contributed by atoms with van der Waals surface area (Å²) in [7, 11) is -1.23. The van der Waals surface area contributed by atoms with E-state index in [1.54, 1.807) is 12.1 Å². The zero-order valence-corrected chi connectivity index (χ0v) is 13.8. The lowest BCUT2D eigenvalue weighted by Crippen LogP contribution is -2.35. The van der Waals surface area contributed by atoms with Gasteiger partial charge in [0.2, 0.25) is 0 Å². The molecule has 2 atom stereocenters. The Bertz CT molecular complexity index is 485. The molecule has 1 aromatic carbocycles. The smallest absolute Gasteiger partial charge is 0.123 e. The molecule has 0 saturated heterocycles. The van der Waals surface area contributed by atoms with Crippen LogP contribution >= 0.6 is 15.9 Å². The molecule has 1 aromatic rings. The zero-order chi connectivity index (χ0) is 14.6. The van der Waals surface area contributed by atoms with Crippen LogP contribution in [-0.2, 0) is 11.0 Å². The van der Waals surface area contributed by atoms with E-state index < -0.39 is 11.0 Å². The van der Waals surface area contributed by atoms with Crippen LogP contribution in [0.25, 0.3) is 0 Å². The Labute approximate surface area is 125 Å². The van der Waals surface area contributed by atoms with E-state index in [-0.39, 0.29) is 16.6 Å². The Kier molecular flexibility index (Phi) is 5.89. The van der Waals surface area contributed by atoms with Crippen LogP contribution in [0.1, 0.15) is 38.8 Å². The van der Waals surface area contributed by atoms with Crippen molar-refractivity contribution in [2.75, 3.05) is 0 Å². The van der Waals surface area contributed by atoms with Gasteiger partial charge in [-0.2, -0.15) is 0 Å². The van der Waals surface area contributed by atoms with Crippen LogP contribution in [0.2, 0.25) is 0 Å². The summed E-state index contributed by atoms with van der Waals surface area (Å²) < 4.78 is 29.0. The number of nitrogens with one attached hydrogen (secondary N) is 1. The number of hydrogen-bond acceptors (Lipinski definition) is 1. The summed E-state index contributed by atoms with van der Waals surface area (Å²) in [5.74, 6) is -0.310. The van der Waals surface area contributed by atoms with Gasteiger partial charge in [0, 0.05) is 10.5 Å². The minimum atomic E-state index is -1.23. The molecule has 0 aromatic heterocycles. The van der Waals surface area contributed by atoms with Crippen LogP contribution in [0.4, 0.5) is 4.39 Å². The van der Waals surface area contributed by atoms with E-state index in [1.165, 1.54) is 12.1 Å². The monoisotopic (exact) mass is 347 g/mol. The molecule has 0 saturated carbocycles. The van der Waals surface area contributed by atoms with Crippen molar-refractivity contribution in [3.63, 3.8) is 0 Å². The largest absolute Gasteiger partial charge is 0.242 e. The maximum Gasteiger partial charge on any atom is 0.123 e. The van der Waals surface area contributed by atoms with Crippen molar-refractivity contribution in [3.8, 4) is 0 Å². The summed E-state index contributed by atoms with van der Waals surface area (Å²) in [5.41, 5.74) is 0.748. The van der Waals surface area contributed by atoms with Crippen LogP contribution in [0.15, 0.2) is 35.3 Å². The molecule has 0 aliphatic carbocycles. The highest BCUT2D eigenvalue weighted by Crippen LogP contribution is 2.28. The van der Waals surface area contributed by atoms with Gasteiger partial charge in [0.1, 0.15) is 5.82 Å². The topological polar surface area (TPSA) is 29.1 Å². The van der Waals surface area contributed by atoms with E-state index in [2.05, 4.69) is 27.2 Å². The van der Waals surface area contributed by atoms with E-state index in [1.807, 2.05) is 20.8 Å². The van der Waals surface area contributed by atoms with E-state index in [4.69, 9.17) is 0 Å². The lowest BCUT2D eigenvalue weighted by atomic mass is 10.0. The highest BCUT2D eigenvalue weighted by atomic mass is 79.9. The summed E-state index contributed by atoms with van der Waals surface area (Å²) in [6.45, 7) is 9.37. The van der Waals surface area contributed by atoms with Crippen LogP contribution in [0.3, 0.4) is 0 Å². The molecule has 19 heavy (non-hydrogen) atoms. The molecule has 0 unspecified atom stereocenters. The third-order valence-electron chi connectivity index (χ3n) is 2.54. The van der Waals surface area contributed by atoms with E-state index in [9.17, 15) is 8.60 Å². The highest BCUT2D eigenvalue weighted by Gasteiger charge is 2.24. The molecular weight excluding hydrogens is 329 g/mol. The minimum Gasteiger partial charge on any atom is -0.242 e. The third kappa shape index (κ3) is 4.82. The Hall–Kier alpha value is -0.520. The molecule has 0 radical (unpaired) electrons. The number of hydrogen-bond donors (Lipinski definition) is 1. The minimum absolute atomic E-state index is 0.234. The predicted octanol–water partition coefficient (Wildman–Crippen LogP) is 4.26. The van der Waals surface area contributed by atoms with Crippen LogP contribution in [0, 0.1) is 5.82 Å². The average molecular weight is 348 g/mol. The lowest BCUT2D eigenvalue weighted by Gasteiger charge is -2.24. The molecule has 106 valence electrons. The second-order valence-electron chi connectivity index (χ2n) is 5.24. The van der Waals surface area contributed by atoms with E-state index >= 15 is 0 Å². The van der Waals surface area contributed by atoms with Crippen LogP contribution in [-0.4, -0.2) is 8.96 Å². The summed E-state index contributed by atoms with van der Waals surface area (Å²) in [4.78, 5) is 0. The SMILES string of the molecule is C=CC[C@H](N[S@@](=O)C(C)(C)C)c1cc(F)ccc1Br. The van der Waals surface area contributed by atoms with E-state index in [0.717, 1.165) is 10.0 Å². The second kappa shape index (κ2) is 6.77. The van der Waals surface area contributed by atoms with Gasteiger partial charge in [0.25, 0.3) is 0 Å². The van der Waals surface area contributed by atoms with Gasteiger partial charge >= 0.3 is 0 Å². The van der Waals surface area contributed by atoms with Crippen molar-refractivity contribution in [1.29, 1.82) is 0 Å². The van der Waals surface area contributed by atoms with Gasteiger partial charge in [-0.15, -0.1) is 6.58 Å². The summed E-state index contributed by atoms with van der Waals surface area (Å²) >= 11 is 3.40. The maximum atomic E-state index is 13.4. The number of rotatable bonds is 5. The van der Waals surface area contributed by atoms with E-state index in [0.29, 0.717) is 6.42 Å². The van der Waals surface area contributed by atoms with Gasteiger partial charge in [0.15, 0.2) is 0 Å². The first-order chi connectivity index (χ1) is 8.75. The quantitative estimate of drug-likeness (QED) is 0.792. The number of benzene rings is 1. The Morgan fingerprint density at radius 2 is 2.16 bits per heavy atom. The average Bonchev–Trinajstić information content (AvgIpc) is 2.30. The molecule has 0 aliphatic heterocycles. The van der Waals surface area contributed by atoms with Gasteiger partial charge in [0.05, 0.1) is 15.7 Å². The predicted molar refractivity (Wildman–Crippen MR) is 82.7 cm³/mol. The molecular formula is C14H19BrFNOS. The Morgan fingerprint density at radius 1 is 1.53 bits per heavy atom. The Morgan fingerprint density at radius 3 is 2.68 bits per heavy atom. The Balaban J connectivity index is 3.04. The van der Waals surface area contributed by atoms with Crippen molar-refractivity contribution < 1.29 is 8.60 Å². The second-order valence-corrected chi connectivity index (χ2v) is 8.09. The third-order valence-corrected chi connectivity index (χ3v) is 4.87. The van der Waals surface area contributed by atoms with Crippen molar-refractivity contribution in [1.82, 2.24) is 4.72 Å². The molecule has 0 bridgehead atoms. The van der Waals surface area contributed by atoms with Crippen LogP contribution in [0.5, 0.6) is 0 Å². The van der Waals surface area contributed by atoms with Gasteiger partial charge in [-0.1, -0.05) is 22.0 Å². The van der Waals surface area contributed by atoms with Gasteiger partial charge < -0.3 is 0 Å². The van der Waals surface area contributed by atoms with Crippen molar-refractivity contribution >= 4 is 26.9 Å². The van der Waals surface area contributed by atoms with Crippen molar-refractivity contribution in [2.24, 2.45) is 0 Å². The fourth-order valence-electron chi connectivity index (χ4n) is 1.49. The molecule has 1 rings (SSSR count). The maximum absolute atomic E-state index is 13.4. The van der Waals surface area contributed by atoms with Gasteiger partial charge in [-0.25, -0.2) is 13.3 Å². The summed E-state index contributed by atoms with van der Waals surface area (Å²) in [5, 5.41) is 0. The van der Waals surface area contributed by atoms with Gasteiger partial charge in [-0.05, 0) is 51.0 Å². The normalized spacial score (nSPS) is 15.0. The molecule has 0 fully saturated rings. The van der Waals surface area contributed by atoms with Crippen molar-refractivity contribution in [3.05, 3.63) is 46.7 Å². The molecule has 1 N–H and O–H groups in total. The zero-order valence-electron chi connectivity index (χ0n) is 11.4. The van der Waals surface area contributed by atoms with Crippen LogP contribution < -0.4 is 4.72 Å². The molecule has 2 nitrogen and oxygen atoms in total. The molecule has 0 amide bonds. The fraction of sp³-hybridized carbons (Fsp3) is 0.429. The first-order valence-electron chi connectivity index (χ1n) is 5.99.